The number of nitrogens with two attached hydrogens (primary N) is 2. The van der Waals surface area contributed by atoms with E-state index in [0.29, 0.717) is 0 Å². The van der Waals surface area contributed by atoms with Crippen molar-refractivity contribution in [3.05, 3.63) is 48.0 Å². The van der Waals surface area contributed by atoms with E-state index >= 15 is 0 Å². The van der Waals surface area contributed by atoms with Crippen LogP contribution in [0.1, 0.15) is 24.8 Å². The van der Waals surface area contributed by atoms with Crippen LogP contribution in [-0.2, 0) is 11.3 Å². The van der Waals surface area contributed by atoms with Crippen molar-refractivity contribution in [3.63, 3.8) is 0 Å². The van der Waals surface area contributed by atoms with Crippen molar-refractivity contribution in [1.82, 2.24) is 4.90 Å². The zero-order valence-corrected chi connectivity index (χ0v) is 15.8. The Morgan fingerprint density at radius 2 is 1.50 bits per heavy atom. The zero-order chi connectivity index (χ0) is 21.0. The molecule has 0 aromatic heterocycles. The van der Waals surface area contributed by atoms with E-state index in [-0.39, 0.29) is 0 Å². The largest absolute Gasteiger partial charge is 0.490 e. The Morgan fingerprint density at radius 1 is 0.929 bits per heavy atom. The Hall–Kier alpha value is -2.16. The Morgan fingerprint density at radius 3 is 2.07 bits per heavy atom. The number of aliphatic carboxylic acids is 1. The van der Waals surface area contributed by atoms with Gasteiger partial charge in [-0.3, -0.25) is 4.90 Å². The number of hydrogen-bond donors (Lipinski definition) is 3. The summed E-state index contributed by atoms with van der Waals surface area (Å²) in [6, 6.07) is 15.3. The molecule has 0 bridgehead atoms. The summed E-state index contributed by atoms with van der Waals surface area (Å²) >= 11 is 0. The van der Waals surface area contributed by atoms with Gasteiger partial charge in [0.1, 0.15) is 0 Å². The summed E-state index contributed by atoms with van der Waals surface area (Å²) in [5.41, 5.74) is 12.6. The predicted octanol–water partition coefficient (Wildman–Crippen LogP) is 3.36. The number of carbonyl (C=O) groups is 1. The monoisotopic (exact) mass is 399 g/mol. The third-order valence-corrected chi connectivity index (χ3v) is 4.07. The van der Waals surface area contributed by atoms with Crippen molar-refractivity contribution < 1.29 is 23.1 Å². The highest BCUT2D eigenvalue weighted by molar-refractivity contribution is 5.82. The van der Waals surface area contributed by atoms with Gasteiger partial charge in [0, 0.05) is 6.54 Å². The van der Waals surface area contributed by atoms with E-state index < -0.39 is 12.1 Å². The molecule has 0 saturated carbocycles. The Bertz CT molecular complexity index is 723. The quantitative estimate of drug-likeness (QED) is 0.562. The van der Waals surface area contributed by atoms with Crippen LogP contribution >= 0.6 is 0 Å². The van der Waals surface area contributed by atoms with Gasteiger partial charge in [-0.15, -0.1) is 0 Å². The number of nitrogens with zero attached hydrogens (tertiary/aromatic N) is 1. The van der Waals surface area contributed by atoms with Crippen LogP contribution in [0.4, 0.5) is 13.2 Å². The second-order valence-corrected chi connectivity index (χ2v) is 6.40. The highest BCUT2D eigenvalue weighted by Gasteiger charge is 2.38. The van der Waals surface area contributed by atoms with Gasteiger partial charge in [0.05, 0.1) is 0 Å². The second kappa shape index (κ2) is 12.3. The van der Waals surface area contributed by atoms with Crippen LogP contribution < -0.4 is 11.5 Å². The topological polar surface area (TPSA) is 92.6 Å². The van der Waals surface area contributed by atoms with Gasteiger partial charge in [0.2, 0.25) is 0 Å². The fourth-order valence-corrected chi connectivity index (χ4v) is 2.66. The molecule has 0 unspecified atom stereocenters. The molecular formula is C20H28F3N3O2. The number of benzene rings is 2. The van der Waals surface area contributed by atoms with Gasteiger partial charge in [-0.2, -0.15) is 13.2 Å². The summed E-state index contributed by atoms with van der Waals surface area (Å²) in [6.45, 7) is 4.69. The van der Waals surface area contributed by atoms with Crippen LogP contribution in [0.5, 0.6) is 0 Å². The maximum absolute atomic E-state index is 10.6. The SMILES string of the molecule is NCCCCN(CCCN)Cc1ccc2ccccc2c1.O=C(O)C(F)(F)F. The van der Waals surface area contributed by atoms with E-state index in [0.717, 1.165) is 52.0 Å². The van der Waals surface area contributed by atoms with E-state index in [1.54, 1.807) is 0 Å². The smallest absolute Gasteiger partial charge is 0.475 e. The number of fused-ring (bicyclic) bond motifs is 1. The lowest BCUT2D eigenvalue weighted by atomic mass is 10.1. The fourth-order valence-electron chi connectivity index (χ4n) is 2.66. The first-order valence-electron chi connectivity index (χ1n) is 9.18. The molecule has 5 N–H and O–H groups in total. The lowest BCUT2D eigenvalue weighted by molar-refractivity contribution is -0.192. The summed E-state index contributed by atoms with van der Waals surface area (Å²) in [6.07, 6.45) is -1.78. The Labute approximate surface area is 163 Å². The van der Waals surface area contributed by atoms with Gasteiger partial charge in [-0.1, -0.05) is 36.4 Å². The molecule has 0 amide bonds. The first kappa shape index (κ1) is 23.9. The fraction of sp³-hybridized carbons (Fsp3) is 0.450. The highest BCUT2D eigenvalue weighted by atomic mass is 19.4. The molecule has 0 aliphatic rings. The van der Waals surface area contributed by atoms with E-state index in [9.17, 15) is 13.2 Å². The molecule has 8 heteroatoms. The van der Waals surface area contributed by atoms with Crippen molar-refractivity contribution in [2.75, 3.05) is 26.2 Å². The lowest BCUT2D eigenvalue weighted by Gasteiger charge is -2.22. The molecule has 28 heavy (non-hydrogen) atoms. The molecule has 2 aromatic rings. The van der Waals surface area contributed by atoms with Crippen LogP contribution in [0.25, 0.3) is 10.8 Å². The number of carboxylic acid groups (broad SMARTS) is 1. The van der Waals surface area contributed by atoms with Gasteiger partial charge >= 0.3 is 12.1 Å². The molecule has 2 rings (SSSR count). The molecule has 0 aliphatic carbocycles. The number of alkyl halides is 3. The average Bonchev–Trinajstić information content (AvgIpc) is 2.65. The molecule has 0 heterocycles. The van der Waals surface area contributed by atoms with Crippen molar-refractivity contribution in [3.8, 4) is 0 Å². The van der Waals surface area contributed by atoms with Crippen LogP contribution in [0.2, 0.25) is 0 Å². The third-order valence-electron chi connectivity index (χ3n) is 4.07. The molecule has 0 spiro atoms. The third kappa shape index (κ3) is 9.16. The summed E-state index contributed by atoms with van der Waals surface area (Å²) in [4.78, 5) is 11.4. The van der Waals surface area contributed by atoms with Crippen molar-refractivity contribution in [2.24, 2.45) is 11.5 Å². The van der Waals surface area contributed by atoms with E-state index in [1.165, 1.54) is 16.3 Å². The maximum Gasteiger partial charge on any atom is 0.490 e. The molecule has 0 atom stereocenters. The number of carboxylic acids is 1. The molecule has 156 valence electrons. The summed E-state index contributed by atoms with van der Waals surface area (Å²) < 4.78 is 31.7. The minimum absolute atomic E-state index is 0.755. The van der Waals surface area contributed by atoms with E-state index in [4.69, 9.17) is 21.4 Å². The summed E-state index contributed by atoms with van der Waals surface area (Å²) in [7, 11) is 0. The highest BCUT2D eigenvalue weighted by Crippen LogP contribution is 2.17. The van der Waals surface area contributed by atoms with Crippen molar-refractivity contribution in [1.29, 1.82) is 0 Å². The van der Waals surface area contributed by atoms with E-state index in [1.807, 2.05) is 0 Å². The minimum Gasteiger partial charge on any atom is -0.475 e. The molecule has 0 radical (unpaired) electrons. The molecule has 0 fully saturated rings. The number of halogens is 3. The van der Waals surface area contributed by atoms with Gasteiger partial charge in [0.25, 0.3) is 0 Å². The first-order valence-corrected chi connectivity index (χ1v) is 9.18. The average molecular weight is 399 g/mol. The summed E-state index contributed by atoms with van der Waals surface area (Å²) in [5, 5.41) is 9.74. The van der Waals surface area contributed by atoms with Gasteiger partial charge in [-0.05, 0) is 67.8 Å². The summed E-state index contributed by atoms with van der Waals surface area (Å²) in [5.74, 6) is -2.76. The lowest BCUT2D eigenvalue weighted by Crippen LogP contribution is -2.27. The van der Waals surface area contributed by atoms with Gasteiger partial charge < -0.3 is 16.6 Å². The molecule has 0 saturated heterocycles. The minimum atomic E-state index is -5.08. The van der Waals surface area contributed by atoms with Gasteiger partial charge in [-0.25, -0.2) is 4.79 Å². The second-order valence-electron chi connectivity index (χ2n) is 6.40. The molecule has 0 aliphatic heterocycles. The predicted molar refractivity (Wildman–Crippen MR) is 105 cm³/mol. The standard InChI is InChI=1S/C18H27N3.C2HF3O2/c19-10-3-4-12-21(13-5-11-20)15-16-8-9-17-6-1-2-7-18(17)14-16;3-2(4,5)1(6)7/h1-2,6-9,14H,3-5,10-13,15,19-20H2;(H,6,7). The van der Waals surface area contributed by atoms with Crippen LogP contribution in [-0.4, -0.2) is 48.3 Å². The Balaban J connectivity index is 0.000000480. The van der Waals surface area contributed by atoms with Gasteiger partial charge in [0.15, 0.2) is 0 Å². The number of rotatable bonds is 9. The molecule has 5 nitrogen and oxygen atoms in total. The van der Waals surface area contributed by atoms with Crippen LogP contribution in [0.3, 0.4) is 0 Å². The molecule has 2 aromatic carbocycles. The van der Waals surface area contributed by atoms with Crippen LogP contribution in [0, 0.1) is 0 Å². The first-order chi connectivity index (χ1) is 13.3. The Kier molecular flexibility index (Phi) is 10.5. The zero-order valence-electron chi connectivity index (χ0n) is 15.8. The number of unbranched alkanes of at least 4 members (excludes halogenated alkanes) is 1. The molecular weight excluding hydrogens is 371 g/mol. The van der Waals surface area contributed by atoms with E-state index in [2.05, 4.69) is 47.4 Å². The van der Waals surface area contributed by atoms with Crippen molar-refractivity contribution in [2.45, 2.75) is 32.0 Å². The van der Waals surface area contributed by atoms with Crippen molar-refractivity contribution >= 4 is 16.7 Å². The number of hydrogen-bond acceptors (Lipinski definition) is 4. The normalized spacial score (nSPS) is 11.4. The maximum atomic E-state index is 10.6. The van der Waals surface area contributed by atoms with Crippen LogP contribution in [0.15, 0.2) is 42.5 Å².